The van der Waals surface area contributed by atoms with E-state index in [4.69, 9.17) is 19.7 Å². The molecule has 0 aromatic heterocycles. The van der Waals surface area contributed by atoms with E-state index in [1.54, 1.807) is 0 Å². The van der Waals surface area contributed by atoms with Gasteiger partial charge in [0.05, 0.1) is 6.61 Å². The van der Waals surface area contributed by atoms with Crippen LogP contribution in [0.3, 0.4) is 0 Å². The Bertz CT molecular complexity index is 484. The summed E-state index contributed by atoms with van der Waals surface area (Å²) in [6, 6.07) is 5.19. The number of phenolic OH excluding ortho intramolecular Hbond substituents is 1. The largest absolute Gasteiger partial charge is 0.508 e. The van der Waals surface area contributed by atoms with Crippen LogP contribution in [0.2, 0.25) is 0 Å². The Morgan fingerprint density at radius 2 is 1.62 bits per heavy atom. The third kappa shape index (κ3) is 2.68. The first-order valence-corrected chi connectivity index (χ1v) is 5.99. The Labute approximate surface area is 118 Å². The Hall–Kier alpha value is -1.46. The van der Waals surface area contributed by atoms with E-state index in [0.717, 1.165) is 0 Å². The van der Waals surface area contributed by atoms with E-state index in [2.05, 4.69) is 0 Å². The first kappa shape index (κ1) is 15.9. The molecular formula is C12H16O9. The number of phenols is 1. The van der Waals surface area contributed by atoms with Gasteiger partial charge in [-0.3, -0.25) is 0 Å². The summed E-state index contributed by atoms with van der Waals surface area (Å²) in [6.45, 7) is -0.960. The number of rotatable bonds is 3. The van der Waals surface area contributed by atoms with Crippen molar-refractivity contribution >= 4 is 0 Å². The molecule has 1 aromatic carbocycles. The van der Waals surface area contributed by atoms with Gasteiger partial charge in [-0.1, -0.05) is 0 Å². The fraction of sp³-hybridized carbons (Fsp3) is 0.500. The topological polar surface area (TPSA) is 160 Å². The van der Waals surface area contributed by atoms with Crippen molar-refractivity contribution in [3.05, 3.63) is 24.3 Å². The van der Waals surface area contributed by atoms with Crippen molar-refractivity contribution in [1.29, 1.82) is 0 Å². The molecule has 2 rings (SSSR count). The third-order valence-corrected chi connectivity index (χ3v) is 3.21. The monoisotopic (exact) mass is 304 g/mol. The van der Waals surface area contributed by atoms with Gasteiger partial charge in [0.2, 0.25) is 6.29 Å². The number of benzene rings is 1. The molecule has 21 heavy (non-hydrogen) atoms. The molecule has 9 nitrogen and oxygen atoms in total. The first-order chi connectivity index (χ1) is 9.70. The molecule has 1 heterocycles. The standard InChI is InChI=1S/C12H16O9/c13-5-8-11(16,17)12(18,19)9(15)10(21-8)20-7-3-1-6(14)2-4-7/h1-4,8-10,13-19H,5H2/t8-,9+,10-/m1/s1. The quantitative estimate of drug-likeness (QED) is 0.293. The van der Waals surface area contributed by atoms with Crippen LogP contribution in [-0.4, -0.2) is 72.4 Å². The van der Waals surface area contributed by atoms with Gasteiger partial charge in [0.1, 0.15) is 17.6 Å². The minimum atomic E-state index is -3.39. The molecule has 1 aliphatic heterocycles. The molecule has 3 atom stereocenters. The van der Waals surface area contributed by atoms with Crippen molar-refractivity contribution in [1.82, 2.24) is 0 Å². The number of aliphatic hydroxyl groups is 6. The number of ether oxygens (including phenoxy) is 2. The van der Waals surface area contributed by atoms with Crippen LogP contribution < -0.4 is 4.74 Å². The second kappa shape index (κ2) is 5.39. The van der Waals surface area contributed by atoms with E-state index in [-0.39, 0.29) is 11.5 Å². The molecule has 7 N–H and O–H groups in total. The summed E-state index contributed by atoms with van der Waals surface area (Å²) in [7, 11) is 0. The van der Waals surface area contributed by atoms with Gasteiger partial charge in [0.15, 0.2) is 6.10 Å². The summed E-state index contributed by atoms with van der Waals surface area (Å²) in [6.07, 6.45) is -5.74. The zero-order chi connectivity index (χ0) is 15.8. The fourth-order valence-corrected chi connectivity index (χ4v) is 1.90. The number of hydrogen-bond acceptors (Lipinski definition) is 9. The average Bonchev–Trinajstić information content (AvgIpc) is 2.43. The predicted octanol–water partition coefficient (Wildman–Crippen LogP) is -2.79. The van der Waals surface area contributed by atoms with Gasteiger partial charge in [-0.2, -0.15) is 0 Å². The summed E-state index contributed by atoms with van der Waals surface area (Å²) in [5, 5.41) is 66.4. The third-order valence-electron chi connectivity index (χ3n) is 3.21. The highest BCUT2D eigenvalue weighted by atomic mass is 16.7. The molecular weight excluding hydrogens is 288 g/mol. The van der Waals surface area contributed by atoms with E-state index in [1.165, 1.54) is 24.3 Å². The van der Waals surface area contributed by atoms with E-state index in [1.807, 2.05) is 0 Å². The lowest BCUT2D eigenvalue weighted by Gasteiger charge is -2.48. The molecule has 0 amide bonds. The van der Waals surface area contributed by atoms with Crippen LogP contribution in [0, 0.1) is 0 Å². The second-order valence-corrected chi connectivity index (χ2v) is 4.68. The van der Waals surface area contributed by atoms with Gasteiger partial charge in [-0.15, -0.1) is 0 Å². The normalized spacial score (nSPS) is 30.9. The number of hydrogen-bond donors (Lipinski definition) is 7. The maximum absolute atomic E-state index is 9.76. The molecule has 118 valence electrons. The predicted molar refractivity (Wildman–Crippen MR) is 64.8 cm³/mol. The van der Waals surface area contributed by atoms with Crippen LogP contribution in [0.5, 0.6) is 11.5 Å². The Balaban J connectivity index is 2.22. The lowest BCUT2D eigenvalue weighted by molar-refractivity contribution is -0.465. The van der Waals surface area contributed by atoms with Crippen molar-refractivity contribution in [3.8, 4) is 11.5 Å². The van der Waals surface area contributed by atoms with E-state index in [0.29, 0.717) is 0 Å². The molecule has 0 radical (unpaired) electrons. The van der Waals surface area contributed by atoms with Gasteiger partial charge in [-0.25, -0.2) is 0 Å². The van der Waals surface area contributed by atoms with Gasteiger partial charge in [0, 0.05) is 0 Å². The maximum Gasteiger partial charge on any atom is 0.254 e. The van der Waals surface area contributed by atoms with E-state index >= 15 is 0 Å². The molecule has 1 saturated heterocycles. The summed E-state index contributed by atoms with van der Waals surface area (Å²) in [4.78, 5) is 0. The van der Waals surface area contributed by atoms with Gasteiger partial charge in [0.25, 0.3) is 11.6 Å². The average molecular weight is 304 g/mol. The maximum atomic E-state index is 9.76. The summed E-state index contributed by atoms with van der Waals surface area (Å²) < 4.78 is 10.1. The lowest BCUT2D eigenvalue weighted by Crippen LogP contribution is -2.75. The van der Waals surface area contributed by atoms with E-state index in [9.17, 15) is 25.5 Å². The smallest absolute Gasteiger partial charge is 0.254 e. The lowest BCUT2D eigenvalue weighted by atomic mass is 9.91. The molecule has 0 bridgehead atoms. The number of aliphatic hydroxyl groups excluding tert-OH is 2. The molecule has 0 saturated carbocycles. The van der Waals surface area contributed by atoms with Gasteiger partial charge in [-0.05, 0) is 24.3 Å². The highest BCUT2D eigenvalue weighted by Crippen LogP contribution is 2.35. The first-order valence-electron chi connectivity index (χ1n) is 5.99. The molecule has 0 unspecified atom stereocenters. The fourth-order valence-electron chi connectivity index (χ4n) is 1.90. The van der Waals surface area contributed by atoms with Crippen molar-refractivity contribution in [2.75, 3.05) is 6.61 Å². The summed E-state index contributed by atoms with van der Waals surface area (Å²) in [5.41, 5.74) is 0. The summed E-state index contributed by atoms with van der Waals surface area (Å²) in [5.74, 6) is -6.62. The molecule has 0 aliphatic carbocycles. The number of aromatic hydroxyl groups is 1. The van der Waals surface area contributed by atoms with Gasteiger partial charge >= 0.3 is 0 Å². The zero-order valence-electron chi connectivity index (χ0n) is 10.7. The van der Waals surface area contributed by atoms with E-state index < -0.39 is 36.7 Å². The van der Waals surface area contributed by atoms with Crippen LogP contribution in [0.15, 0.2) is 24.3 Å². The minimum absolute atomic E-state index is 0.0379. The second-order valence-electron chi connectivity index (χ2n) is 4.68. The highest BCUT2D eigenvalue weighted by Gasteiger charge is 2.65. The van der Waals surface area contributed by atoms with Crippen LogP contribution in [0.4, 0.5) is 0 Å². The summed E-state index contributed by atoms with van der Waals surface area (Å²) >= 11 is 0. The van der Waals surface area contributed by atoms with Crippen molar-refractivity contribution in [3.63, 3.8) is 0 Å². The molecule has 1 aromatic rings. The zero-order valence-corrected chi connectivity index (χ0v) is 10.7. The van der Waals surface area contributed by atoms with Crippen LogP contribution >= 0.6 is 0 Å². The Morgan fingerprint density at radius 3 is 2.14 bits per heavy atom. The highest BCUT2D eigenvalue weighted by molar-refractivity contribution is 5.30. The molecule has 0 spiro atoms. The SMILES string of the molecule is OC[C@H]1O[C@@H](Oc2ccc(O)cc2)[C@H](O)C(O)(O)C1(O)O. The van der Waals surface area contributed by atoms with Gasteiger partial charge < -0.3 is 45.2 Å². The van der Waals surface area contributed by atoms with Crippen LogP contribution in [0.25, 0.3) is 0 Å². The van der Waals surface area contributed by atoms with Crippen molar-refractivity contribution in [2.45, 2.75) is 30.1 Å². The van der Waals surface area contributed by atoms with Crippen molar-refractivity contribution < 1.29 is 45.2 Å². The molecule has 1 aliphatic rings. The van der Waals surface area contributed by atoms with Crippen molar-refractivity contribution in [2.24, 2.45) is 0 Å². The van der Waals surface area contributed by atoms with Crippen LogP contribution in [-0.2, 0) is 4.74 Å². The molecule has 1 fully saturated rings. The minimum Gasteiger partial charge on any atom is -0.508 e. The Kier molecular flexibility index (Phi) is 4.08. The molecule has 9 heteroatoms. The van der Waals surface area contributed by atoms with Crippen LogP contribution in [0.1, 0.15) is 0 Å². The Morgan fingerprint density at radius 1 is 1.05 bits per heavy atom.